The van der Waals surface area contributed by atoms with Gasteiger partial charge in [0, 0.05) is 0 Å². The van der Waals surface area contributed by atoms with Crippen LogP contribution in [0.3, 0.4) is 0 Å². The number of rotatable bonds is 2. The molecule has 5 heteroatoms. The molecule has 0 radical (unpaired) electrons. The van der Waals surface area contributed by atoms with Crippen LogP contribution in [0.5, 0.6) is 0 Å². The number of H-pyrrole nitrogens is 1. The van der Waals surface area contributed by atoms with Crippen LogP contribution in [0, 0.1) is 0 Å². The third kappa shape index (κ3) is 1.11. The standard InChI is InChI=1S/C5H6ClN3O/c6-1-3-4(5(7)10)9-2-8-3/h2H,1H2,(H2,7,10)(H,8,9). The zero-order chi connectivity index (χ0) is 7.56. The Morgan fingerprint density at radius 3 is 3.00 bits per heavy atom. The zero-order valence-electron chi connectivity index (χ0n) is 5.10. The number of primary amides is 1. The van der Waals surface area contributed by atoms with Gasteiger partial charge in [0.25, 0.3) is 5.91 Å². The summed E-state index contributed by atoms with van der Waals surface area (Å²) < 4.78 is 0. The lowest BCUT2D eigenvalue weighted by molar-refractivity contribution is 0.0995. The van der Waals surface area contributed by atoms with Crippen molar-refractivity contribution < 1.29 is 4.79 Å². The molecule has 0 saturated carbocycles. The van der Waals surface area contributed by atoms with Crippen LogP contribution in [0.25, 0.3) is 0 Å². The number of halogens is 1. The van der Waals surface area contributed by atoms with Crippen molar-refractivity contribution >= 4 is 17.5 Å². The summed E-state index contributed by atoms with van der Waals surface area (Å²) in [4.78, 5) is 16.9. The average molecular weight is 160 g/mol. The molecule has 0 unspecified atom stereocenters. The summed E-state index contributed by atoms with van der Waals surface area (Å²) in [6.45, 7) is 0. The summed E-state index contributed by atoms with van der Waals surface area (Å²) in [5, 5.41) is 0. The van der Waals surface area contributed by atoms with Gasteiger partial charge in [0.05, 0.1) is 17.9 Å². The monoisotopic (exact) mass is 159 g/mol. The van der Waals surface area contributed by atoms with Crippen LogP contribution in [0.1, 0.15) is 16.2 Å². The van der Waals surface area contributed by atoms with Gasteiger partial charge in [0.1, 0.15) is 5.69 Å². The van der Waals surface area contributed by atoms with Crippen LogP contribution in [-0.2, 0) is 5.88 Å². The topological polar surface area (TPSA) is 71.8 Å². The Kier molecular flexibility index (Phi) is 1.91. The molecule has 0 aliphatic rings. The molecule has 1 heterocycles. The van der Waals surface area contributed by atoms with E-state index in [9.17, 15) is 4.79 Å². The molecule has 0 atom stereocenters. The molecule has 0 fully saturated rings. The second-order valence-corrected chi connectivity index (χ2v) is 1.99. The highest BCUT2D eigenvalue weighted by atomic mass is 35.5. The van der Waals surface area contributed by atoms with E-state index in [2.05, 4.69) is 9.97 Å². The number of aromatic amines is 1. The number of alkyl halides is 1. The summed E-state index contributed by atoms with van der Waals surface area (Å²) in [5.41, 5.74) is 5.74. The van der Waals surface area contributed by atoms with Crippen molar-refractivity contribution in [2.75, 3.05) is 0 Å². The molecule has 10 heavy (non-hydrogen) atoms. The first-order valence-corrected chi connectivity index (χ1v) is 3.17. The summed E-state index contributed by atoms with van der Waals surface area (Å²) >= 11 is 5.44. The van der Waals surface area contributed by atoms with E-state index in [1.165, 1.54) is 6.33 Å². The predicted octanol–water partition coefficient (Wildman–Crippen LogP) is 0.247. The number of imidazole rings is 1. The molecule has 1 rings (SSSR count). The first kappa shape index (κ1) is 7.08. The molecular formula is C5H6ClN3O. The van der Waals surface area contributed by atoms with E-state index in [1.54, 1.807) is 0 Å². The summed E-state index contributed by atoms with van der Waals surface area (Å²) in [6, 6.07) is 0. The molecule has 0 aliphatic heterocycles. The number of nitrogens with one attached hydrogen (secondary N) is 1. The van der Waals surface area contributed by atoms with E-state index in [0.29, 0.717) is 5.69 Å². The van der Waals surface area contributed by atoms with Gasteiger partial charge in [-0.25, -0.2) is 4.98 Å². The summed E-state index contributed by atoms with van der Waals surface area (Å²) in [6.07, 6.45) is 1.39. The fraction of sp³-hybridized carbons (Fsp3) is 0.200. The minimum Gasteiger partial charge on any atom is -0.364 e. The van der Waals surface area contributed by atoms with Gasteiger partial charge in [-0.3, -0.25) is 4.79 Å². The van der Waals surface area contributed by atoms with Crippen LogP contribution in [-0.4, -0.2) is 15.9 Å². The van der Waals surface area contributed by atoms with Gasteiger partial charge in [-0.15, -0.1) is 11.6 Å². The van der Waals surface area contributed by atoms with Crippen molar-refractivity contribution in [3.05, 3.63) is 17.7 Å². The van der Waals surface area contributed by atoms with Gasteiger partial charge in [0.15, 0.2) is 0 Å². The molecule has 0 aromatic carbocycles. The number of carbonyl (C=O) groups is 1. The van der Waals surface area contributed by atoms with Crippen LogP contribution in [0.4, 0.5) is 0 Å². The molecule has 1 aromatic heterocycles. The number of hydrogen-bond donors (Lipinski definition) is 2. The third-order valence-electron chi connectivity index (χ3n) is 1.09. The zero-order valence-corrected chi connectivity index (χ0v) is 5.85. The number of carbonyl (C=O) groups excluding carboxylic acids is 1. The van der Waals surface area contributed by atoms with E-state index < -0.39 is 5.91 Å². The number of aromatic nitrogens is 2. The molecule has 0 spiro atoms. The molecule has 0 saturated heterocycles. The third-order valence-corrected chi connectivity index (χ3v) is 1.35. The second-order valence-electron chi connectivity index (χ2n) is 1.73. The van der Waals surface area contributed by atoms with Crippen molar-refractivity contribution in [2.24, 2.45) is 5.73 Å². The van der Waals surface area contributed by atoms with Crippen molar-refractivity contribution in [3.8, 4) is 0 Å². The smallest absolute Gasteiger partial charge is 0.269 e. The average Bonchev–Trinajstić information content (AvgIpc) is 2.33. The molecule has 1 amide bonds. The van der Waals surface area contributed by atoms with E-state index in [-0.39, 0.29) is 11.6 Å². The quantitative estimate of drug-likeness (QED) is 0.607. The maximum Gasteiger partial charge on any atom is 0.269 e. The predicted molar refractivity (Wildman–Crippen MR) is 36.7 cm³/mol. The fourth-order valence-electron chi connectivity index (χ4n) is 0.635. The fourth-order valence-corrected chi connectivity index (χ4v) is 0.839. The van der Waals surface area contributed by atoms with Gasteiger partial charge in [0.2, 0.25) is 0 Å². The highest BCUT2D eigenvalue weighted by Crippen LogP contribution is 2.03. The van der Waals surface area contributed by atoms with Gasteiger partial charge < -0.3 is 10.7 Å². The molecule has 1 aromatic rings. The minimum absolute atomic E-state index is 0.218. The Balaban J connectivity index is 3.01. The van der Waals surface area contributed by atoms with Crippen LogP contribution < -0.4 is 5.73 Å². The van der Waals surface area contributed by atoms with Crippen LogP contribution in [0.2, 0.25) is 0 Å². The SMILES string of the molecule is NC(=O)c1nc[nH]c1CCl. The Morgan fingerprint density at radius 2 is 2.60 bits per heavy atom. The number of hydrogen-bond acceptors (Lipinski definition) is 2. The minimum atomic E-state index is -0.558. The van der Waals surface area contributed by atoms with Gasteiger partial charge in [-0.05, 0) is 0 Å². The molecule has 3 N–H and O–H groups in total. The number of amides is 1. The van der Waals surface area contributed by atoms with Crippen molar-refractivity contribution in [1.29, 1.82) is 0 Å². The largest absolute Gasteiger partial charge is 0.364 e. The summed E-state index contributed by atoms with van der Waals surface area (Å²) in [7, 11) is 0. The molecule has 0 bridgehead atoms. The maximum absolute atomic E-state index is 10.5. The van der Waals surface area contributed by atoms with Crippen molar-refractivity contribution in [2.45, 2.75) is 5.88 Å². The number of nitrogens with zero attached hydrogens (tertiary/aromatic N) is 1. The van der Waals surface area contributed by atoms with Gasteiger partial charge in [-0.2, -0.15) is 0 Å². The van der Waals surface area contributed by atoms with E-state index in [4.69, 9.17) is 17.3 Å². The van der Waals surface area contributed by atoms with Crippen LogP contribution >= 0.6 is 11.6 Å². The molecule has 54 valence electrons. The van der Waals surface area contributed by atoms with Crippen LogP contribution in [0.15, 0.2) is 6.33 Å². The lowest BCUT2D eigenvalue weighted by atomic mass is 10.3. The first-order valence-electron chi connectivity index (χ1n) is 2.63. The maximum atomic E-state index is 10.5. The van der Waals surface area contributed by atoms with Gasteiger partial charge >= 0.3 is 0 Å². The molecule has 0 aliphatic carbocycles. The van der Waals surface area contributed by atoms with Crippen molar-refractivity contribution in [3.63, 3.8) is 0 Å². The second kappa shape index (κ2) is 2.70. The normalized spacial score (nSPS) is 9.70. The Labute approximate surface area is 62.4 Å². The van der Waals surface area contributed by atoms with Crippen molar-refractivity contribution in [1.82, 2.24) is 9.97 Å². The summed E-state index contributed by atoms with van der Waals surface area (Å²) in [5.74, 6) is -0.338. The highest BCUT2D eigenvalue weighted by molar-refractivity contribution is 6.17. The Morgan fingerprint density at radius 1 is 1.90 bits per heavy atom. The first-order chi connectivity index (χ1) is 4.75. The Hall–Kier alpha value is -1.03. The van der Waals surface area contributed by atoms with E-state index >= 15 is 0 Å². The lowest BCUT2D eigenvalue weighted by Gasteiger charge is -1.90. The highest BCUT2D eigenvalue weighted by Gasteiger charge is 2.08. The van der Waals surface area contributed by atoms with E-state index in [1.807, 2.05) is 0 Å². The van der Waals surface area contributed by atoms with Gasteiger partial charge in [-0.1, -0.05) is 0 Å². The lowest BCUT2D eigenvalue weighted by Crippen LogP contribution is -2.13. The Bertz CT molecular complexity index is 245. The number of nitrogens with two attached hydrogens (primary N) is 1. The molecule has 4 nitrogen and oxygen atoms in total. The van der Waals surface area contributed by atoms with E-state index in [0.717, 1.165) is 0 Å². The molecular weight excluding hydrogens is 154 g/mol.